The van der Waals surface area contributed by atoms with Crippen LogP contribution in [0.3, 0.4) is 0 Å². The molecule has 1 N–H and O–H groups in total. The Morgan fingerprint density at radius 1 is 1.00 bits per heavy atom. The molecular weight excluding hydrogens is 388 g/mol. The molecule has 0 bridgehead atoms. The summed E-state index contributed by atoms with van der Waals surface area (Å²) in [7, 11) is 0. The van der Waals surface area contributed by atoms with Gasteiger partial charge in [-0.3, -0.25) is 4.90 Å². The summed E-state index contributed by atoms with van der Waals surface area (Å²) in [6.07, 6.45) is 1.98. The molecule has 0 radical (unpaired) electrons. The molecule has 5 rings (SSSR count). The first-order valence-corrected chi connectivity index (χ1v) is 10.2. The number of hydrogen-bond acceptors (Lipinski definition) is 5. The van der Waals surface area contributed by atoms with Crippen molar-refractivity contribution >= 4 is 39.2 Å². The number of benzene rings is 2. The SMILES string of the molecule is O=c1cc(NC2CCN(Cc3cc4ccccc4o3)CC2)c2cc(Cl)ccc2o1. The van der Waals surface area contributed by atoms with Gasteiger partial charge in [-0.05, 0) is 43.2 Å². The van der Waals surface area contributed by atoms with Crippen LogP contribution in [0.2, 0.25) is 5.02 Å². The average Bonchev–Trinajstić information content (AvgIpc) is 3.12. The summed E-state index contributed by atoms with van der Waals surface area (Å²) in [5.41, 5.74) is 1.92. The standard InChI is InChI=1S/C23H21ClN2O3/c24-16-5-6-22-19(12-16)20(13-23(27)29-22)25-17-7-9-26(10-8-17)14-18-11-15-3-1-2-4-21(15)28-18/h1-6,11-13,17,25H,7-10,14H2. The van der Waals surface area contributed by atoms with Gasteiger partial charge in [0.1, 0.15) is 16.9 Å². The first-order chi connectivity index (χ1) is 14.1. The van der Waals surface area contributed by atoms with Crippen LogP contribution in [0.1, 0.15) is 18.6 Å². The van der Waals surface area contributed by atoms with Crippen molar-refractivity contribution in [1.82, 2.24) is 4.90 Å². The number of furan rings is 1. The number of hydrogen-bond donors (Lipinski definition) is 1. The summed E-state index contributed by atoms with van der Waals surface area (Å²) < 4.78 is 11.2. The zero-order chi connectivity index (χ0) is 19.8. The Bertz CT molecular complexity index is 1190. The Kier molecular flexibility index (Phi) is 4.78. The molecule has 0 saturated carbocycles. The van der Waals surface area contributed by atoms with Crippen molar-refractivity contribution in [2.24, 2.45) is 0 Å². The number of nitrogens with one attached hydrogen (secondary N) is 1. The molecule has 1 fully saturated rings. The maximum absolute atomic E-state index is 11.9. The van der Waals surface area contributed by atoms with E-state index in [1.54, 1.807) is 12.1 Å². The minimum Gasteiger partial charge on any atom is -0.460 e. The van der Waals surface area contributed by atoms with Gasteiger partial charge in [0.2, 0.25) is 0 Å². The van der Waals surface area contributed by atoms with Crippen LogP contribution in [0.4, 0.5) is 5.69 Å². The van der Waals surface area contributed by atoms with Gasteiger partial charge in [0.15, 0.2) is 0 Å². The molecule has 0 unspecified atom stereocenters. The number of piperidine rings is 1. The van der Waals surface area contributed by atoms with Gasteiger partial charge in [0.25, 0.3) is 0 Å². The van der Waals surface area contributed by atoms with Crippen molar-refractivity contribution in [3.8, 4) is 0 Å². The van der Waals surface area contributed by atoms with Crippen LogP contribution in [-0.2, 0) is 6.54 Å². The summed E-state index contributed by atoms with van der Waals surface area (Å²) in [6, 6.07) is 17.3. The van der Waals surface area contributed by atoms with Crippen LogP contribution in [0, 0.1) is 0 Å². The second kappa shape index (κ2) is 7.58. The molecule has 0 amide bonds. The molecule has 0 atom stereocenters. The van der Waals surface area contributed by atoms with E-state index in [0.29, 0.717) is 16.6 Å². The highest BCUT2D eigenvalue weighted by atomic mass is 35.5. The summed E-state index contributed by atoms with van der Waals surface area (Å²) in [5.74, 6) is 0.999. The first-order valence-electron chi connectivity index (χ1n) is 9.84. The van der Waals surface area contributed by atoms with Crippen molar-refractivity contribution in [3.05, 3.63) is 75.8 Å². The molecule has 1 saturated heterocycles. The van der Waals surface area contributed by atoms with Crippen molar-refractivity contribution < 1.29 is 8.83 Å². The average molecular weight is 409 g/mol. The molecule has 148 valence electrons. The van der Waals surface area contributed by atoms with Crippen LogP contribution in [0.15, 0.2) is 68.2 Å². The minimum atomic E-state index is -0.357. The Hall–Kier alpha value is -2.76. The largest absolute Gasteiger partial charge is 0.460 e. The monoisotopic (exact) mass is 408 g/mol. The lowest BCUT2D eigenvalue weighted by atomic mass is 10.0. The van der Waals surface area contributed by atoms with Crippen LogP contribution in [0.25, 0.3) is 21.9 Å². The third-order valence-electron chi connectivity index (χ3n) is 5.51. The van der Waals surface area contributed by atoms with Crippen molar-refractivity contribution in [2.45, 2.75) is 25.4 Å². The third kappa shape index (κ3) is 3.88. The normalized spacial score (nSPS) is 15.9. The molecule has 3 heterocycles. The molecule has 1 aliphatic rings. The predicted molar refractivity (Wildman–Crippen MR) is 116 cm³/mol. The highest BCUT2D eigenvalue weighted by Crippen LogP contribution is 2.27. The van der Waals surface area contributed by atoms with E-state index in [0.717, 1.165) is 60.3 Å². The van der Waals surface area contributed by atoms with Crippen molar-refractivity contribution in [2.75, 3.05) is 18.4 Å². The number of para-hydroxylation sites is 1. The summed E-state index contributed by atoms with van der Waals surface area (Å²) in [6.45, 7) is 2.75. The van der Waals surface area contributed by atoms with E-state index in [9.17, 15) is 4.79 Å². The molecule has 4 aromatic rings. The van der Waals surface area contributed by atoms with Gasteiger partial charge >= 0.3 is 5.63 Å². The van der Waals surface area contributed by atoms with Gasteiger partial charge in [-0.25, -0.2) is 4.79 Å². The van der Waals surface area contributed by atoms with E-state index in [2.05, 4.69) is 22.3 Å². The first kappa shape index (κ1) is 18.3. The summed E-state index contributed by atoms with van der Waals surface area (Å²) in [4.78, 5) is 14.3. The second-order valence-electron chi connectivity index (χ2n) is 7.56. The molecule has 2 aromatic carbocycles. The van der Waals surface area contributed by atoms with E-state index >= 15 is 0 Å². The molecule has 1 aliphatic heterocycles. The topological polar surface area (TPSA) is 58.6 Å². The summed E-state index contributed by atoms with van der Waals surface area (Å²) in [5, 5.41) is 6.13. The van der Waals surface area contributed by atoms with Crippen LogP contribution in [0.5, 0.6) is 0 Å². The third-order valence-corrected chi connectivity index (χ3v) is 5.74. The lowest BCUT2D eigenvalue weighted by molar-refractivity contribution is 0.198. The highest BCUT2D eigenvalue weighted by Gasteiger charge is 2.21. The molecule has 29 heavy (non-hydrogen) atoms. The van der Waals surface area contributed by atoms with E-state index in [4.69, 9.17) is 20.4 Å². The Balaban J connectivity index is 1.26. The Morgan fingerprint density at radius 2 is 1.83 bits per heavy atom. The van der Waals surface area contributed by atoms with Crippen molar-refractivity contribution in [3.63, 3.8) is 0 Å². The fourth-order valence-electron chi connectivity index (χ4n) is 4.05. The smallest absolute Gasteiger partial charge is 0.338 e. The van der Waals surface area contributed by atoms with Gasteiger partial charge in [-0.15, -0.1) is 0 Å². The number of halogens is 1. The molecular formula is C23H21ClN2O3. The number of anilines is 1. The molecule has 0 spiro atoms. The fourth-order valence-corrected chi connectivity index (χ4v) is 4.22. The molecule has 6 heteroatoms. The predicted octanol–water partition coefficient (Wildman–Crippen LogP) is 5.27. The van der Waals surface area contributed by atoms with Gasteiger partial charge < -0.3 is 14.2 Å². The molecule has 5 nitrogen and oxygen atoms in total. The lowest BCUT2D eigenvalue weighted by Crippen LogP contribution is -2.38. The van der Waals surface area contributed by atoms with Gasteiger partial charge in [-0.1, -0.05) is 29.8 Å². The van der Waals surface area contributed by atoms with E-state index in [1.165, 1.54) is 6.07 Å². The van der Waals surface area contributed by atoms with Gasteiger partial charge in [0, 0.05) is 41.0 Å². The van der Waals surface area contributed by atoms with Gasteiger partial charge in [-0.2, -0.15) is 0 Å². The number of likely N-dealkylation sites (tertiary alicyclic amines) is 1. The van der Waals surface area contributed by atoms with Crippen molar-refractivity contribution in [1.29, 1.82) is 0 Å². The highest BCUT2D eigenvalue weighted by molar-refractivity contribution is 6.31. The van der Waals surface area contributed by atoms with E-state index in [1.807, 2.05) is 24.3 Å². The maximum Gasteiger partial charge on any atom is 0.338 e. The Labute approximate surface area is 172 Å². The Morgan fingerprint density at radius 3 is 2.66 bits per heavy atom. The number of rotatable bonds is 4. The quantitative estimate of drug-likeness (QED) is 0.466. The zero-order valence-corrected chi connectivity index (χ0v) is 16.6. The maximum atomic E-state index is 11.9. The van der Waals surface area contributed by atoms with E-state index in [-0.39, 0.29) is 5.63 Å². The fraction of sp³-hybridized carbons (Fsp3) is 0.261. The number of nitrogens with zero attached hydrogens (tertiary/aromatic N) is 1. The lowest BCUT2D eigenvalue weighted by Gasteiger charge is -2.32. The van der Waals surface area contributed by atoms with Crippen LogP contribution >= 0.6 is 11.6 Å². The zero-order valence-electron chi connectivity index (χ0n) is 15.9. The summed E-state index contributed by atoms with van der Waals surface area (Å²) >= 11 is 6.14. The number of fused-ring (bicyclic) bond motifs is 2. The van der Waals surface area contributed by atoms with Gasteiger partial charge in [0.05, 0.1) is 12.2 Å². The van der Waals surface area contributed by atoms with E-state index < -0.39 is 0 Å². The molecule has 2 aromatic heterocycles. The minimum absolute atomic E-state index is 0.297. The van der Waals surface area contributed by atoms with Crippen LogP contribution < -0.4 is 10.9 Å². The molecule has 0 aliphatic carbocycles. The second-order valence-corrected chi connectivity index (χ2v) is 8.00. The van der Waals surface area contributed by atoms with Crippen LogP contribution in [-0.4, -0.2) is 24.0 Å².